The number of rotatable bonds is 10. The molecule has 9 heteroatoms. The molecule has 1 aliphatic rings. The van der Waals surface area contributed by atoms with E-state index in [1.807, 2.05) is 47.4 Å². The van der Waals surface area contributed by atoms with Crippen molar-refractivity contribution in [3.8, 4) is 0 Å². The first kappa shape index (κ1) is 24.3. The Morgan fingerprint density at radius 3 is 2.52 bits per heavy atom. The van der Waals surface area contributed by atoms with Gasteiger partial charge in [-0.25, -0.2) is 0 Å². The third kappa shape index (κ3) is 7.10. The summed E-state index contributed by atoms with van der Waals surface area (Å²) in [6, 6.07) is 11.9. The van der Waals surface area contributed by atoms with Crippen molar-refractivity contribution in [3.63, 3.8) is 0 Å². The minimum atomic E-state index is -1.04. The highest BCUT2D eigenvalue weighted by atomic mass is 16.5. The topological polar surface area (TPSA) is 117 Å². The predicted octanol–water partition coefficient (Wildman–Crippen LogP) is 0.367. The molecular formula is C24H30N4O5. The van der Waals surface area contributed by atoms with Gasteiger partial charge in [-0.3, -0.25) is 19.3 Å². The lowest BCUT2D eigenvalue weighted by Gasteiger charge is -2.27. The van der Waals surface area contributed by atoms with Gasteiger partial charge in [0.15, 0.2) is 0 Å². The van der Waals surface area contributed by atoms with Crippen LogP contribution in [-0.2, 0) is 30.5 Å². The first-order chi connectivity index (χ1) is 16.0. The van der Waals surface area contributed by atoms with Crippen LogP contribution in [0, 0.1) is 0 Å². The van der Waals surface area contributed by atoms with Gasteiger partial charge >= 0.3 is 0 Å². The number of fused-ring (bicyclic) bond motifs is 1. The molecule has 1 saturated heterocycles. The zero-order valence-corrected chi connectivity index (χ0v) is 18.7. The summed E-state index contributed by atoms with van der Waals surface area (Å²) in [6.07, 6.45) is 0.398. The van der Waals surface area contributed by atoms with Crippen LogP contribution < -0.4 is 16.0 Å². The van der Waals surface area contributed by atoms with Crippen molar-refractivity contribution >= 4 is 34.8 Å². The number of benzene rings is 2. The van der Waals surface area contributed by atoms with E-state index in [0.717, 1.165) is 16.3 Å². The Kier molecular flexibility index (Phi) is 8.91. The van der Waals surface area contributed by atoms with E-state index < -0.39 is 18.0 Å². The van der Waals surface area contributed by atoms with Crippen LogP contribution in [0.2, 0.25) is 0 Å². The molecule has 33 heavy (non-hydrogen) atoms. The van der Waals surface area contributed by atoms with Crippen molar-refractivity contribution in [2.45, 2.75) is 32.0 Å². The Balaban J connectivity index is 1.51. The van der Waals surface area contributed by atoms with E-state index in [9.17, 15) is 19.2 Å². The van der Waals surface area contributed by atoms with Gasteiger partial charge in [-0.05, 0) is 23.3 Å². The maximum atomic E-state index is 12.6. The zero-order valence-electron chi connectivity index (χ0n) is 18.7. The first-order valence-electron chi connectivity index (χ1n) is 11.1. The second kappa shape index (κ2) is 12.1. The normalized spacial score (nSPS) is 15.9. The molecule has 1 aliphatic heterocycles. The second-order valence-corrected chi connectivity index (χ2v) is 8.00. The molecule has 0 spiro atoms. The maximum Gasteiger partial charge on any atom is 0.243 e. The first-order valence-corrected chi connectivity index (χ1v) is 11.1. The fraction of sp³-hybridized carbons (Fsp3) is 0.417. The fourth-order valence-corrected chi connectivity index (χ4v) is 3.69. The highest BCUT2D eigenvalue weighted by Crippen LogP contribution is 2.18. The lowest BCUT2D eigenvalue weighted by molar-refractivity contribution is -0.133. The predicted molar refractivity (Wildman–Crippen MR) is 123 cm³/mol. The molecular weight excluding hydrogens is 424 g/mol. The van der Waals surface area contributed by atoms with Crippen LogP contribution in [-0.4, -0.2) is 73.8 Å². The van der Waals surface area contributed by atoms with Crippen molar-refractivity contribution in [1.29, 1.82) is 0 Å². The molecule has 1 fully saturated rings. The maximum absolute atomic E-state index is 12.6. The Bertz CT molecular complexity index is 984. The molecule has 0 unspecified atom stereocenters. The summed E-state index contributed by atoms with van der Waals surface area (Å²) < 4.78 is 5.25. The van der Waals surface area contributed by atoms with Crippen molar-refractivity contribution in [2.75, 3.05) is 32.8 Å². The molecule has 2 aromatic carbocycles. The molecule has 1 heterocycles. The van der Waals surface area contributed by atoms with Gasteiger partial charge in [-0.15, -0.1) is 0 Å². The van der Waals surface area contributed by atoms with Crippen molar-refractivity contribution in [3.05, 3.63) is 48.0 Å². The summed E-state index contributed by atoms with van der Waals surface area (Å²) in [5.74, 6) is -1.29. The Morgan fingerprint density at radius 1 is 1.03 bits per heavy atom. The van der Waals surface area contributed by atoms with Crippen LogP contribution in [0.5, 0.6) is 0 Å². The average molecular weight is 455 g/mol. The summed E-state index contributed by atoms with van der Waals surface area (Å²) >= 11 is 0. The van der Waals surface area contributed by atoms with Crippen LogP contribution in [0.25, 0.3) is 10.8 Å². The lowest BCUT2D eigenvalue weighted by Crippen LogP contribution is -2.54. The molecule has 9 nitrogen and oxygen atoms in total. The number of aldehydes is 1. The van der Waals surface area contributed by atoms with Gasteiger partial charge in [0, 0.05) is 26.1 Å². The molecule has 0 saturated carbocycles. The minimum absolute atomic E-state index is 0.118. The van der Waals surface area contributed by atoms with E-state index >= 15 is 0 Å². The van der Waals surface area contributed by atoms with Crippen molar-refractivity contribution < 1.29 is 23.9 Å². The molecule has 3 rings (SSSR count). The van der Waals surface area contributed by atoms with E-state index in [0.29, 0.717) is 39.1 Å². The third-order valence-corrected chi connectivity index (χ3v) is 5.54. The summed E-state index contributed by atoms with van der Waals surface area (Å²) in [5.41, 5.74) is 0.967. The van der Waals surface area contributed by atoms with Crippen LogP contribution in [0.1, 0.15) is 18.9 Å². The Hall–Kier alpha value is -3.30. The third-order valence-electron chi connectivity index (χ3n) is 5.54. The van der Waals surface area contributed by atoms with E-state index in [4.69, 9.17) is 4.74 Å². The van der Waals surface area contributed by atoms with Crippen LogP contribution in [0.15, 0.2) is 42.5 Å². The Labute approximate surface area is 192 Å². The van der Waals surface area contributed by atoms with Gasteiger partial charge in [0.1, 0.15) is 18.4 Å². The molecule has 0 aliphatic carbocycles. The molecule has 2 aromatic rings. The fourth-order valence-electron chi connectivity index (χ4n) is 3.69. The van der Waals surface area contributed by atoms with Crippen LogP contribution >= 0.6 is 0 Å². The quantitative estimate of drug-likeness (QED) is 0.447. The van der Waals surface area contributed by atoms with Gasteiger partial charge in [-0.1, -0.05) is 42.5 Å². The summed E-state index contributed by atoms with van der Waals surface area (Å²) in [4.78, 5) is 50.5. The van der Waals surface area contributed by atoms with E-state index in [1.54, 1.807) is 6.92 Å². The van der Waals surface area contributed by atoms with Gasteiger partial charge < -0.3 is 25.5 Å². The highest BCUT2D eigenvalue weighted by Gasteiger charge is 2.25. The minimum Gasteiger partial charge on any atom is -0.379 e. The number of carbonyl (C=O) groups is 4. The zero-order chi connectivity index (χ0) is 23.6. The summed E-state index contributed by atoms with van der Waals surface area (Å²) in [5, 5.41) is 10.1. The number of ether oxygens (including phenoxy) is 1. The molecule has 3 amide bonds. The van der Waals surface area contributed by atoms with Gasteiger partial charge in [0.05, 0.1) is 19.8 Å². The van der Waals surface area contributed by atoms with Crippen molar-refractivity contribution in [1.82, 2.24) is 20.9 Å². The largest absolute Gasteiger partial charge is 0.379 e. The second-order valence-electron chi connectivity index (χ2n) is 8.00. The highest BCUT2D eigenvalue weighted by molar-refractivity contribution is 5.93. The Morgan fingerprint density at radius 2 is 1.76 bits per heavy atom. The number of nitrogens with one attached hydrogen (secondary N) is 3. The van der Waals surface area contributed by atoms with E-state index in [1.165, 1.54) is 0 Å². The van der Waals surface area contributed by atoms with Crippen molar-refractivity contribution in [2.24, 2.45) is 0 Å². The SMILES string of the molecule is C[C@H](NC(=O)[C@H](CC=O)NC(=O)CN1CCOCC1)C(=O)NCc1cccc2ccccc12. The monoisotopic (exact) mass is 454 g/mol. The number of morpholine rings is 1. The number of nitrogens with zero attached hydrogens (tertiary/aromatic N) is 1. The average Bonchev–Trinajstić information content (AvgIpc) is 2.82. The molecule has 0 aromatic heterocycles. The summed E-state index contributed by atoms with van der Waals surface area (Å²) in [7, 11) is 0. The van der Waals surface area contributed by atoms with Crippen LogP contribution in [0.3, 0.4) is 0 Å². The molecule has 3 N–H and O–H groups in total. The van der Waals surface area contributed by atoms with Gasteiger partial charge in [0.2, 0.25) is 17.7 Å². The molecule has 176 valence electrons. The van der Waals surface area contributed by atoms with Crippen LogP contribution in [0.4, 0.5) is 0 Å². The smallest absolute Gasteiger partial charge is 0.243 e. The molecule has 0 bridgehead atoms. The standard InChI is InChI=1S/C24H30N4O5/c1-17(23(31)25-15-19-7-4-6-18-5-2-3-8-20(18)19)26-24(32)21(9-12-29)27-22(30)16-28-10-13-33-14-11-28/h2-8,12,17,21H,9-11,13-16H2,1H3,(H,25,31)(H,26,32)(H,27,30)/t17-,21-/m0/s1. The lowest BCUT2D eigenvalue weighted by atomic mass is 10.0. The number of carbonyl (C=O) groups excluding carboxylic acids is 4. The van der Waals surface area contributed by atoms with E-state index in [2.05, 4.69) is 16.0 Å². The summed E-state index contributed by atoms with van der Waals surface area (Å²) in [6.45, 7) is 4.36. The number of hydrogen-bond acceptors (Lipinski definition) is 6. The number of amides is 3. The van der Waals surface area contributed by atoms with Gasteiger partial charge in [0.25, 0.3) is 0 Å². The van der Waals surface area contributed by atoms with Gasteiger partial charge in [-0.2, -0.15) is 0 Å². The van der Waals surface area contributed by atoms with E-state index in [-0.39, 0.29) is 24.8 Å². The molecule has 2 atom stereocenters. The molecule has 0 radical (unpaired) electrons. The number of hydrogen-bond donors (Lipinski definition) is 3.